The number of hydrogen-bond donors (Lipinski definition) is 1. The Balaban J connectivity index is 1.77. The molecule has 0 saturated carbocycles. The number of amides is 2. The van der Waals surface area contributed by atoms with Crippen molar-refractivity contribution < 1.29 is 14.3 Å². The molecule has 1 aliphatic heterocycles. The summed E-state index contributed by atoms with van der Waals surface area (Å²) >= 11 is 1.48. The predicted octanol–water partition coefficient (Wildman–Crippen LogP) is 4.64. The molecule has 29 heavy (non-hydrogen) atoms. The number of benzene rings is 2. The summed E-state index contributed by atoms with van der Waals surface area (Å²) in [6.07, 6.45) is 0.135. The minimum absolute atomic E-state index is 0.0831. The van der Waals surface area contributed by atoms with E-state index in [9.17, 15) is 9.59 Å². The van der Waals surface area contributed by atoms with E-state index in [4.69, 9.17) is 4.74 Å². The van der Waals surface area contributed by atoms with Crippen LogP contribution in [0.4, 0.5) is 11.4 Å². The van der Waals surface area contributed by atoms with Crippen molar-refractivity contribution in [3.05, 3.63) is 76.0 Å². The van der Waals surface area contributed by atoms with Gasteiger partial charge in [-0.25, -0.2) is 0 Å². The van der Waals surface area contributed by atoms with E-state index in [0.29, 0.717) is 11.4 Å². The van der Waals surface area contributed by atoms with Gasteiger partial charge in [-0.1, -0.05) is 24.3 Å². The van der Waals surface area contributed by atoms with Gasteiger partial charge in [0, 0.05) is 16.3 Å². The first-order chi connectivity index (χ1) is 14.0. The van der Waals surface area contributed by atoms with E-state index in [1.54, 1.807) is 24.1 Å². The second-order valence-corrected chi connectivity index (χ2v) is 8.11. The van der Waals surface area contributed by atoms with Crippen LogP contribution in [0.2, 0.25) is 0 Å². The van der Waals surface area contributed by atoms with Crippen molar-refractivity contribution in [3.8, 4) is 5.75 Å². The number of aryl methyl sites for hydroxylation is 2. The second-order valence-electron chi connectivity index (χ2n) is 7.16. The topological polar surface area (TPSA) is 58.6 Å². The van der Waals surface area contributed by atoms with Crippen LogP contribution in [-0.4, -0.2) is 18.9 Å². The number of nitrogens with one attached hydrogen (secondary N) is 1. The highest BCUT2D eigenvalue weighted by Gasteiger charge is 2.59. The molecule has 0 spiro atoms. The first-order valence-electron chi connectivity index (χ1n) is 9.36. The zero-order chi connectivity index (χ0) is 20.6. The molecule has 1 saturated heterocycles. The summed E-state index contributed by atoms with van der Waals surface area (Å²) in [5, 5.41) is 5.03. The first kappa shape index (κ1) is 19.2. The Bertz CT molecular complexity index is 1040. The molecule has 2 heterocycles. The summed E-state index contributed by atoms with van der Waals surface area (Å²) in [5.41, 5.74) is 2.38. The summed E-state index contributed by atoms with van der Waals surface area (Å²) in [5.74, 6) is 0.413. The highest BCUT2D eigenvalue weighted by Crippen LogP contribution is 2.47. The molecule has 148 valence electrons. The van der Waals surface area contributed by atoms with Crippen LogP contribution >= 0.6 is 11.3 Å². The number of para-hydroxylation sites is 1. The van der Waals surface area contributed by atoms with Gasteiger partial charge in [0.1, 0.15) is 5.75 Å². The van der Waals surface area contributed by atoms with Crippen molar-refractivity contribution in [2.24, 2.45) is 0 Å². The van der Waals surface area contributed by atoms with E-state index in [2.05, 4.69) is 5.32 Å². The maximum atomic E-state index is 13.6. The molecule has 4 rings (SSSR count). The lowest BCUT2D eigenvalue weighted by Gasteiger charge is -2.50. The number of nitrogens with zero attached hydrogens (tertiary/aromatic N) is 1. The maximum Gasteiger partial charge on any atom is 0.256 e. The number of β-lactam (4-membered cyclic amide) rings is 1. The fourth-order valence-corrected chi connectivity index (χ4v) is 4.74. The van der Waals surface area contributed by atoms with Crippen molar-refractivity contribution in [1.29, 1.82) is 0 Å². The molecule has 0 aliphatic carbocycles. The highest BCUT2D eigenvalue weighted by molar-refractivity contribution is 7.10. The number of hydrogen-bond acceptors (Lipinski definition) is 4. The van der Waals surface area contributed by atoms with Gasteiger partial charge in [-0.15, -0.1) is 11.3 Å². The number of thiophene rings is 1. The van der Waals surface area contributed by atoms with Gasteiger partial charge in [0.25, 0.3) is 5.91 Å². The summed E-state index contributed by atoms with van der Waals surface area (Å²) < 4.78 is 5.22. The Morgan fingerprint density at radius 3 is 2.31 bits per heavy atom. The molecule has 6 heteroatoms. The molecule has 2 aromatic carbocycles. The molecule has 5 nitrogen and oxygen atoms in total. The Morgan fingerprint density at radius 2 is 1.76 bits per heavy atom. The average molecular weight is 407 g/mol. The van der Waals surface area contributed by atoms with Crippen LogP contribution in [0.5, 0.6) is 5.75 Å². The van der Waals surface area contributed by atoms with Crippen molar-refractivity contribution in [3.63, 3.8) is 0 Å². The van der Waals surface area contributed by atoms with Crippen molar-refractivity contribution >= 4 is 34.5 Å². The number of rotatable bonds is 5. The zero-order valence-electron chi connectivity index (χ0n) is 16.6. The molecule has 1 aliphatic rings. The number of ether oxygens (including phenoxy) is 1. The third-order valence-electron chi connectivity index (χ3n) is 5.39. The largest absolute Gasteiger partial charge is 0.497 e. The lowest BCUT2D eigenvalue weighted by Crippen LogP contribution is -2.67. The predicted molar refractivity (Wildman–Crippen MR) is 116 cm³/mol. The van der Waals surface area contributed by atoms with Crippen LogP contribution in [0.3, 0.4) is 0 Å². The molecule has 1 fully saturated rings. The molecule has 0 bridgehead atoms. The molecule has 0 unspecified atom stereocenters. The van der Waals surface area contributed by atoms with Crippen molar-refractivity contribution in [2.75, 3.05) is 17.3 Å². The third kappa shape index (κ3) is 3.09. The fourth-order valence-electron chi connectivity index (χ4n) is 3.83. The zero-order valence-corrected chi connectivity index (χ0v) is 17.4. The van der Waals surface area contributed by atoms with Crippen LogP contribution in [0.1, 0.15) is 22.4 Å². The Labute approximate surface area is 173 Å². The average Bonchev–Trinajstić information content (AvgIpc) is 3.24. The molecule has 1 aromatic heterocycles. The number of carbonyl (C=O) groups excluding carboxylic acids is 2. The van der Waals surface area contributed by atoms with E-state index < -0.39 is 5.54 Å². The number of anilines is 2. The Hall–Kier alpha value is -3.12. The Morgan fingerprint density at radius 1 is 1.07 bits per heavy atom. The smallest absolute Gasteiger partial charge is 0.256 e. The van der Waals surface area contributed by atoms with Gasteiger partial charge >= 0.3 is 0 Å². The van der Waals surface area contributed by atoms with Gasteiger partial charge < -0.3 is 10.1 Å². The number of carbonyl (C=O) groups is 2. The monoisotopic (exact) mass is 406 g/mol. The van der Waals surface area contributed by atoms with E-state index in [1.807, 2.05) is 61.7 Å². The normalized spacial score (nSPS) is 18.3. The summed E-state index contributed by atoms with van der Waals surface area (Å²) in [6.45, 7) is 3.93. The van der Waals surface area contributed by atoms with Crippen LogP contribution in [0, 0.1) is 13.8 Å². The fraction of sp³-hybridized carbons (Fsp3) is 0.217. The quantitative estimate of drug-likeness (QED) is 0.628. The third-order valence-corrected chi connectivity index (χ3v) is 6.41. The maximum absolute atomic E-state index is 13.6. The standard InChI is InChI=1S/C23H22N2O3S/c1-15-6-4-7-16(2)21(15)24-22(27)23(19-8-5-13-29-19)14-20(26)25(23)17-9-11-18(28-3)12-10-17/h4-13H,14H2,1-3H3,(H,24,27)/t23-/m1/s1. The lowest BCUT2D eigenvalue weighted by molar-refractivity contribution is -0.137. The van der Waals surface area contributed by atoms with Gasteiger partial charge in [-0.3, -0.25) is 14.5 Å². The molecule has 2 amide bonds. The summed E-state index contributed by atoms with van der Waals surface area (Å²) in [7, 11) is 1.59. The van der Waals surface area contributed by atoms with E-state index in [1.165, 1.54) is 11.3 Å². The summed E-state index contributed by atoms with van der Waals surface area (Å²) in [6, 6.07) is 16.9. The van der Waals surface area contributed by atoms with E-state index in [0.717, 1.165) is 21.7 Å². The van der Waals surface area contributed by atoms with Gasteiger partial charge in [-0.05, 0) is 60.7 Å². The van der Waals surface area contributed by atoms with Crippen LogP contribution in [-0.2, 0) is 15.1 Å². The first-order valence-corrected chi connectivity index (χ1v) is 10.2. The van der Waals surface area contributed by atoms with Gasteiger partial charge in [0.2, 0.25) is 5.91 Å². The van der Waals surface area contributed by atoms with Crippen LogP contribution in [0.25, 0.3) is 0 Å². The van der Waals surface area contributed by atoms with E-state index >= 15 is 0 Å². The minimum atomic E-state index is -1.06. The number of methoxy groups -OCH3 is 1. The van der Waals surface area contributed by atoms with E-state index in [-0.39, 0.29) is 18.2 Å². The van der Waals surface area contributed by atoms with Gasteiger partial charge in [-0.2, -0.15) is 0 Å². The highest BCUT2D eigenvalue weighted by atomic mass is 32.1. The lowest BCUT2D eigenvalue weighted by atomic mass is 9.80. The second kappa shape index (κ2) is 7.37. The molecule has 1 atom stereocenters. The van der Waals surface area contributed by atoms with Crippen molar-refractivity contribution in [2.45, 2.75) is 25.8 Å². The Kier molecular flexibility index (Phi) is 4.88. The van der Waals surface area contributed by atoms with Crippen LogP contribution in [0.15, 0.2) is 60.0 Å². The molecule has 3 aromatic rings. The molecular formula is C23H22N2O3S. The van der Waals surface area contributed by atoms with Gasteiger partial charge in [0.15, 0.2) is 5.54 Å². The molecule has 0 radical (unpaired) electrons. The molecular weight excluding hydrogens is 384 g/mol. The van der Waals surface area contributed by atoms with Gasteiger partial charge in [0.05, 0.1) is 13.5 Å². The van der Waals surface area contributed by atoms with Crippen molar-refractivity contribution in [1.82, 2.24) is 0 Å². The minimum Gasteiger partial charge on any atom is -0.497 e. The SMILES string of the molecule is COc1ccc(N2C(=O)C[C@]2(C(=O)Nc2c(C)cccc2C)c2cccs2)cc1. The summed E-state index contributed by atoms with van der Waals surface area (Å²) in [4.78, 5) is 28.8. The molecule has 1 N–H and O–H groups in total. The van der Waals surface area contributed by atoms with Crippen LogP contribution < -0.4 is 15.0 Å².